The quantitative estimate of drug-likeness (QED) is 0.791. The molecule has 2 aromatic heterocycles. The zero-order valence-electron chi connectivity index (χ0n) is 9.23. The Morgan fingerprint density at radius 2 is 2.13 bits per heavy atom. The number of aryl methyl sites for hydroxylation is 2. The van der Waals surface area contributed by atoms with Gasteiger partial charge in [-0.2, -0.15) is 5.10 Å². The Bertz CT molecular complexity index is 480. The van der Waals surface area contributed by atoms with Crippen molar-refractivity contribution in [2.24, 2.45) is 7.05 Å². The molecule has 0 atom stereocenters. The van der Waals surface area contributed by atoms with E-state index in [2.05, 4.69) is 17.0 Å². The summed E-state index contributed by atoms with van der Waals surface area (Å²) in [6, 6.07) is 0. The molecule has 2 rings (SSSR count). The van der Waals surface area contributed by atoms with E-state index in [1.54, 1.807) is 6.20 Å². The van der Waals surface area contributed by atoms with Crippen LogP contribution in [-0.2, 0) is 13.6 Å². The zero-order valence-corrected chi connectivity index (χ0v) is 9.23. The predicted molar refractivity (Wildman–Crippen MR) is 58.4 cm³/mol. The maximum atomic E-state index is 5.72. The average Bonchev–Trinajstić information content (AvgIpc) is 2.67. The summed E-state index contributed by atoms with van der Waals surface area (Å²) in [4.78, 5) is 3.99. The Morgan fingerprint density at radius 3 is 2.60 bits per heavy atom. The van der Waals surface area contributed by atoms with E-state index in [-0.39, 0.29) is 0 Å². The number of anilines is 1. The highest BCUT2D eigenvalue weighted by molar-refractivity contribution is 5.27. The summed E-state index contributed by atoms with van der Waals surface area (Å²) in [7, 11) is 1.95. The Hall–Kier alpha value is -1.78. The van der Waals surface area contributed by atoms with Crippen LogP contribution in [0.5, 0.6) is 0 Å². The second kappa shape index (κ2) is 3.42. The van der Waals surface area contributed by atoms with E-state index >= 15 is 0 Å². The number of nitrogens with two attached hydrogens (primary N) is 1. The normalized spacial score (nSPS) is 10.9. The van der Waals surface area contributed by atoms with Gasteiger partial charge in [-0.15, -0.1) is 0 Å². The Kier molecular flexibility index (Phi) is 2.22. The van der Waals surface area contributed by atoms with Gasteiger partial charge >= 0.3 is 0 Å². The molecule has 5 heteroatoms. The maximum Gasteiger partial charge on any atom is 0.200 e. The minimum Gasteiger partial charge on any atom is -0.369 e. The monoisotopic (exact) mass is 205 g/mol. The first-order valence-electron chi connectivity index (χ1n) is 4.85. The van der Waals surface area contributed by atoms with Gasteiger partial charge in [0.05, 0.1) is 12.2 Å². The lowest BCUT2D eigenvalue weighted by Crippen LogP contribution is -2.05. The van der Waals surface area contributed by atoms with Crippen molar-refractivity contribution >= 4 is 5.95 Å². The van der Waals surface area contributed by atoms with Crippen LogP contribution in [0.1, 0.15) is 17.0 Å². The molecule has 0 saturated heterocycles. The lowest BCUT2D eigenvalue weighted by molar-refractivity contribution is 0.727. The molecule has 15 heavy (non-hydrogen) atoms. The summed E-state index contributed by atoms with van der Waals surface area (Å²) in [6.45, 7) is 4.80. The van der Waals surface area contributed by atoms with Crippen molar-refractivity contribution in [3.63, 3.8) is 0 Å². The van der Waals surface area contributed by atoms with Crippen LogP contribution in [0.25, 0.3) is 0 Å². The second-order valence-corrected chi connectivity index (χ2v) is 3.69. The number of nitrogens with zero attached hydrogens (tertiary/aromatic N) is 4. The van der Waals surface area contributed by atoms with Crippen LogP contribution in [-0.4, -0.2) is 19.3 Å². The smallest absolute Gasteiger partial charge is 0.200 e. The van der Waals surface area contributed by atoms with Crippen LogP contribution < -0.4 is 5.73 Å². The molecule has 2 N–H and O–H groups in total. The van der Waals surface area contributed by atoms with Crippen LogP contribution in [0.3, 0.4) is 0 Å². The first-order chi connectivity index (χ1) is 7.09. The highest BCUT2D eigenvalue weighted by Gasteiger charge is 2.10. The van der Waals surface area contributed by atoms with Crippen LogP contribution in [0, 0.1) is 13.8 Å². The topological polar surface area (TPSA) is 61.7 Å². The fraction of sp³-hybridized carbons (Fsp3) is 0.400. The van der Waals surface area contributed by atoms with E-state index in [4.69, 9.17) is 5.73 Å². The molecule has 2 heterocycles. The molecule has 0 amide bonds. The lowest BCUT2D eigenvalue weighted by atomic mass is 10.2. The maximum absolute atomic E-state index is 5.72. The van der Waals surface area contributed by atoms with E-state index in [0.29, 0.717) is 5.95 Å². The van der Waals surface area contributed by atoms with Gasteiger partial charge in [0.1, 0.15) is 0 Å². The summed E-state index contributed by atoms with van der Waals surface area (Å²) in [5.41, 5.74) is 9.14. The van der Waals surface area contributed by atoms with Crippen LogP contribution >= 0.6 is 0 Å². The molecular formula is C10H15N5. The molecule has 0 radical (unpaired) electrons. The van der Waals surface area contributed by atoms with Gasteiger partial charge in [-0.25, -0.2) is 4.98 Å². The number of hydrogen-bond acceptors (Lipinski definition) is 3. The van der Waals surface area contributed by atoms with Gasteiger partial charge in [0.2, 0.25) is 0 Å². The first-order valence-corrected chi connectivity index (χ1v) is 4.85. The van der Waals surface area contributed by atoms with Crippen molar-refractivity contribution in [1.29, 1.82) is 0 Å². The SMILES string of the molecule is Cc1nn(C)c(C)c1Cn1ccnc1N. The van der Waals surface area contributed by atoms with Gasteiger partial charge in [0.25, 0.3) is 0 Å². The third-order valence-electron chi connectivity index (χ3n) is 2.74. The molecule has 5 nitrogen and oxygen atoms in total. The van der Waals surface area contributed by atoms with E-state index < -0.39 is 0 Å². The zero-order chi connectivity index (χ0) is 11.0. The second-order valence-electron chi connectivity index (χ2n) is 3.69. The summed E-state index contributed by atoms with van der Waals surface area (Å²) >= 11 is 0. The standard InChI is InChI=1S/C10H15N5/c1-7-9(8(2)14(3)13-7)6-15-5-4-12-10(15)11/h4-5H,6H2,1-3H3,(H2,11,12). The highest BCUT2D eigenvalue weighted by Crippen LogP contribution is 2.14. The van der Waals surface area contributed by atoms with Crippen molar-refractivity contribution in [3.05, 3.63) is 29.3 Å². The Balaban J connectivity index is 2.36. The van der Waals surface area contributed by atoms with Gasteiger partial charge < -0.3 is 10.3 Å². The third kappa shape index (κ3) is 1.60. The fourth-order valence-electron chi connectivity index (χ4n) is 1.69. The van der Waals surface area contributed by atoms with Crippen molar-refractivity contribution in [1.82, 2.24) is 19.3 Å². The van der Waals surface area contributed by atoms with Crippen molar-refractivity contribution in [2.45, 2.75) is 20.4 Å². The Labute approximate surface area is 88.5 Å². The number of nitrogen functional groups attached to an aromatic ring is 1. The van der Waals surface area contributed by atoms with Gasteiger partial charge in [-0.3, -0.25) is 4.68 Å². The number of rotatable bonds is 2. The fourth-order valence-corrected chi connectivity index (χ4v) is 1.69. The summed E-state index contributed by atoms with van der Waals surface area (Å²) in [6.07, 6.45) is 3.58. The van der Waals surface area contributed by atoms with Gasteiger partial charge in [0, 0.05) is 30.7 Å². The number of imidazole rings is 1. The van der Waals surface area contributed by atoms with Gasteiger partial charge in [-0.1, -0.05) is 0 Å². The minimum absolute atomic E-state index is 0.539. The average molecular weight is 205 g/mol. The molecule has 0 spiro atoms. The molecule has 0 aliphatic rings. The molecule has 2 aromatic rings. The molecule has 0 fully saturated rings. The third-order valence-corrected chi connectivity index (χ3v) is 2.74. The van der Waals surface area contributed by atoms with Crippen LogP contribution in [0.2, 0.25) is 0 Å². The molecule has 0 aliphatic heterocycles. The van der Waals surface area contributed by atoms with E-state index in [9.17, 15) is 0 Å². The summed E-state index contributed by atoms with van der Waals surface area (Å²) in [5.74, 6) is 0.539. The molecule has 0 bridgehead atoms. The lowest BCUT2D eigenvalue weighted by Gasteiger charge is -2.04. The van der Waals surface area contributed by atoms with Gasteiger partial charge in [0.15, 0.2) is 5.95 Å². The summed E-state index contributed by atoms with van der Waals surface area (Å²) < 4.78 is 3.80. The largest absolute Gasteiger partial charge is 0.369 e. The van der Waals surface area contributed by atoms with Gasteiger partial charge in [-0.05, 0) is 13.8 Å². The highest BCUT2D eigenvalue weighted by atomic mass is 15.3. The first kappa shape index (κ1) is 9.76. The minimum atomic E-state index is 0.539. The van der Waals surface area contributed by atoms with E-state index in [0.717, 1.165) is 12.2 Å². The van der Waals surface area contributed by atoms with Crippen LogP contribution in [0.15, 0.2) is 12.4 Å². The number of hydrogen-bond donors (Lipinski definition) is 1. The van der Waals surface area contributed by atoms with Crippen molar-refractivity contribution in [2.75, 3.05) is 5.73 Å². The molecule has 0 saturated carbocycles. The van der Waals surface area contributed by atoms with E-state index in [1.165, 1.54) is 11.3 Å². The molecule has 0 aliphatic carbocycles. The van der Waals surface area contributed by atoms with Crippen molar-refractivity contribution in [3.8, 4) is 0 Å². The summed E-state index contributed by atoms with van der Waals surface area (Å²) in [5, 5.41) is 4.36. The van der Waals surface area contributed by atoms with Crippen molar-refractivity contribution < 1.29 is 0 Å². The van der Waals surface area contributed by atoms with Crippen LogP contribution in [0.4, 0.5) is 5.95 Å². The number of aromatic nitrogens is 4. The molecule has 0 unspecified atom stereocenters. The van der Waals surface area contributed by atoms with E-state index in [1.807, 2.05) is 29.4 Å². The Morgan fingerprint density at radius 1 is 1.40 bits per heavy atom. The predicted octanol–water partition coefficient (Wildman–Crippen LogP) is 0.864. The molecule has 80 valence electrons. The molecule has 0 aromatic carbocycles. The molecular weight excluding hydrogens is 190 g/mol.